The van der Waals surface area contributed by atoms with Crippen LogP contribution >= 0.6 is 24.8 Å². The van der Waals surface area contributed by atoms with E-state index in [-0.39, 0.29) is 31.4 Å². The van der Waals surface area contributed by atoms with Crippen LogP contribution in [0.3, 0.4) is 0 Å². The van der Waals surface area contributed by atoms with Crippen molar-refractivity contribution in [2.24, 2.45) is 0 Å². The van der Waals surface area contributed by atoms with Crippen LogP contribution in [-0.2, 0) is 19.9 Å². The number of carbonyl (C=O) groups excluding carboxylic acids is 3. The molecule has 2 heterocycles. The van der Waals surface area contributed by atoms with Crippen molar-refractivity contribution in [3.8, 4) is 0 Å². The number of imide groups is 1. The zero-order chi connectivity index (χ0) is 21.8. The topological polar surface area (TPSA) is 82.2 Å². The third-order valence-corrected chi connectivity index (χ3v) is 5.82. The van der Waals surface area contributed by atoms with Gasteiger partial charge in [0.2, 0.25) is 0 Å². The van der Waals surface area contributed by atoms with E-state index < -0.39 is 30.2 Å². The van der Waals surface area contributed by atoms with E-state index in [1.54, 1.807) is 24.3 Å². The highest BCUT2D eigenvalue weighted by atomic mass is 35.5. The summed E-state index contributed by atoms with van der Waals surface area (Å²) in [7, 11) is 2.04. The van der Waals surface area contributed by atoms with E-state index in [0.717, 1.165) is 31.1 Å². The van der Waals surface area contributed by atoms with Gasteiger partial charge in [-0.1, -0.05) is 60.7 Å². The molecule has 0 spiro atoms. The zero-order valence-electron chi connectivity index (χ0n) is 18.3. The van der Waals surface area contributed by atoms with Crippen molar-refractivity contribution in [1.82, 2.24) is 20.0 Å². The number of amides is 3. The average molecular weight is 495 g/mol. The molecule has 2 saturated heterocycles. The van der Waals surface area contributed by atoms with Crippen molar-refractivity contribution in [1.29, 1.82) is 0 Å². The molecule has 1 N–H and O–H groups in total. The van der Waals surface area contributed by atoms with Crippen molar-refractivity contribution in [3.05, 3.63) is 71.8 Å². The molecular formula is C23H28Cl2N4O4. The van der Waals surface area contributed by atoms with Crippen LogP contribution in [0.5, 0.6) is 0 Å². The number of nitrogens with zero attached hydrogens (tertiary/aromatic N) is 3. The second-order valence-corrected chi connectivity index (χ2v) is 7.87. The SMILES string of the molecule is CN1CCN(CC(=O)OCN2C(=O)NC(c3ccccc3)(c3ccccc3)C2=O)CC1.Cl.Cl. The van der Waals surface area contributed by atoms with Gasteiger partial charge < -0.3 is 15.0 Å². The van der Waals surface area contributed by atoms with Gasteiger partial charge in [-0.15, -0.1) is 24.8 Å². The Morgan fingerprint density at radius 3 is 1.94 bits per heavy atom. The molecule has 0 aromatic heterocycles. The number of likely N-dealkylation sites (N-methyl/N-ethyl adjacent to an activating group) is 1. The second kappa shape index (κ2) is 11.5. The maximum atomic E-state index is 13.5. The first kappa shape index (κ1) is 26.6. The predicted molar refractivity (Wildman–Crippen MR) is 128 cm³/mol. The van der Waals surface area contributed by atoms with Crippen LogP contribution < -0.4 is 5.32 Å². The van der Waals surface area contributed by atoms with Crippen molar-refractivity contribution >= 4 is 42.7 Å². The number of halogens is 2. The molecule has 2 aromatic rings. The molecule has 178 valence electrons. The fourth-order valence-electron chi connectivity index (χ4n) is 4.00. The first-order valence-electron chi connectivity index (χ1n) is 10.3. The van der Waals surface area contributed by atoms with Gasteiger partial charge in [0, 0.05) is 26.2 Å². The number of urea groups is 1. The number of hydrogen-bond donors (Lipinski definition) is 1. The van der Waals surface area contributed by atoms with Crippen LogP contribution in [0.4, 0.5) is 4.79 Å². The Kier molecular flexibility index (Phi) is 9.25. The molecule has 2 aliphatic rings. The minimum absolute atomic E-state index is 0. The molecule has 2 fully saturated rings. The Labute approximate surface area is 205 Å². The summed E-state index contributed by atoms with van der Waals surface area (Å²) in [6.07, 6.45) is 0. The number of nitrogens with one attached hydrogen (secondary N) is 1. The van der Waals surface area contributed by atoms with E-state index in [1.165, 1.54) is 0 Å². The number of benzene rings is 2. The molecule has 4 rings (SSSR count). The lowest BCUT2D eigenvalue weighted by Crippen LogP contribution is -2.47. The quantitative estimate of drug-likeness (QED) is 0.488. The standard InChI is InChI=1S/C23H26N4O4.2ClH/c1-25-12-14-26(15-13-25)16-20(28)31-17-27-21(29)23(24-22(27)30,18-8-4-2-5-9-18)19-10-6-3-7-11-19;;/h2-11H,12-17H2,1H3,(H,24,30);2*1H. The Morgan fingerprint density at radius 1 is 0.909 bits per heavy atom. The van der Waals surface area contributed by atoms with Gasteiger partial charge in [0.05, 0.1) is 6.54 Å². The zero-order valence-corrected chi connectivity index (χ0v) is 19.9. The van der Waals surface area contributed by atoms with Crippen molar-refractivity contribution in [3.63, 3.8) is 0 Å². The third-order valence-electron chi connectivity index (χ3n) is 5.82. The largest absolute Gasteiger partial charge is 0.443 e. The third kappa shape index (κ3) is 5.47. The Balaban J connectivity index is 0.00000193. The second-order valence-electron chi connectivity index (χ2n) is 7.87. The van der Waals surface area contributed by atoms with Crippen LogP contribution in [0, 0.1) is 0 Å². The fourth-order valence-corrected chi connectivity index (χ4v) is 4.00. The summed E-state index contributed by atoms with van der Waals surface area (Å²) >= 11 is 0. The van der Waals surface area contributed by atoms with E-state index in [4.69, 9.17) is 4.74 Å². The van der Waals surface area contributed by atoms with Gasteiger partial charge in [-0.25, -0.2) is 9.69 Å². The minimum atomic E-state index is -1.36. The number of piperazine rings is 1. The lowest BCUT2D eigenvalue weighted by Gasteiger charge is -2.31. The molecule has 2 aliphatic heterocycles. The van der Waals surface area contributed by atoms with E-state index in [9.17, 15) is 14.4 Å². The molecule has 0 atom stereocenters. The smallest absolute Gasteiger partial charge is 0.328 e. The first-order valence-corrected chi connectivity index (χ1v) is 10.3. The summed E-state index contributed by atoms with van der Waals surface area (Å²) in [5, 5.41) is 2.84. The van der Waals surface area contributed by atoms with Crippen molar-refractivity contribution in [2.45, 2.75) is 5.54 Å². The minimum Gasteiger partial charge on any atom is -0.443 e. The summed E-state index contributed by atoms with van der Waals surface area (Å²) in [6.45, 7) is 3.05. The van der Waals surface area contributed by atoms with Crippen LogP contribution in [0.15, 0.2) is 60.7 Å². The number of hydrogen-bond acceptors (Lipinski definition) is 6. The van der Waals surface area contributed by atoms with Crippen molar-refractivity contribution in [2.75, 3.05) is 46.5 Å². The van der Waals surface area contributed by atoms with Gasteiger partial charge in [0.25, 0.3) is 5.91 Å². The molecule has 0 saturated carbocycles. The summed E-state index contributed by atoms with van der Waals surface area (Å²) in [5.41, 5.74) is -0.0691. The Bertz CT molecular complexity index is 914. The summed E-state index contributed by atoms with van der Waals surface area (Å²) < 4.78 is 5.31. The normalized spacial score (nSPS) is 18.2. The molecule has 0 bridgehead atoms. The van der Waals surface area contributed by atoms with Crippen LogP contribution in [0.25, 0.3) is 0 Å². The summed E-state index contributed by atoms with van der Waals surface area (Å²) in [6, 6.07) is 17.6. The highest BCUT2D eigenvalue weighted by Crippen LogP contribution is 2.35. The number of carbonyl (C=O) groups is 3. The predicted octanol–water partition coefficient (Wildman–Crippen LogP) is 2.07. The summed E-state index contributed by atoms with van der Waals surface area (Å²) in [4.78, 5) is 43.8. The monoisotopic (exact) mass is 494 g/mol. The van der Waals surface area contributed by atoms with E-state index >= 15 is 0 Å². The lowest BCUT2D eigenvalue weighted by molar-refractivity contribution is -0.151. The van der Waals surface area contributed by atoms with E-state index in [0.29, 0.717) is 11.1 Å². The average Bonchev–Trinajstić information content (AvgIpc) is 3.05. The molecule has 0 aliphatic carbocycles. The highest BCUT2D eigenvalue weighted by molar-refractivity contribution is 6.09. The van der Waals surface area contributed by atoms with Crippen LogP contribution in [0.2, 0.25) is 0 Å². The van der Waals surface area contributed by atoms with E-state index in [1.807, 2.05) is 48.3 Å². The number of ether oxygens (including phenoxy) is 1. The molecule has 2 aromatic carbocycles. The highest BCUT2D eigenvalue weighted by Gasteiger charge is 2.54. The van der Waals surface area contributed by atoms with Gasteiger partial charge in [0.15, 0.2) is 12.3 Å². The van der Waals surface area contributed by atoms with Gasteiger partial charge >= 0.3 is 12.0 Å². The van der Waals surface area contributed by atoms with Crippen LogP contribution in [0.1, 0.15) is 11.1 Å². The lowest BCUT2D eigenvalue weighted by atomic mass is 9.83. The van der Waals surface area contributed by atoms with Crippen molar-refractivity contribution < 1.29 is 19.1 Å². The maximum absolute atomic E-state index is 13.5. The number of rotatable bonds is 6. The first-order chi connectivity index (χ1) is 15.0. The molecular weight excluding hydrogens is 467 g/mol. The van der Waals surface area contributed by atoms with Gasteiger partial charge in [-0.3, -0.25) is 14.5 Å². The van der Waals surface area contributed by atoms with E-state index in [2.05, 4.69) is 10.2 Å². The van der Waals surface area contributed by atoms with Gasteiger partial charge in [0.1, 0.15) is 0 Å². The molecule has 0 radical (unpaired) electrons. The number of esters is 1. The molecule has 3 amide bonds. The molecule has 10 heteroatoms. The van der Waals surface area contributed by atoms with Gasteiger partial charge in [-0.2, -0.15) is 0 Å². The fraction of sp³-hybridized carbons (Fsp3) is 0.348. The Hall–Kier alpha value is -2.65. The summed E-state index contributed by atoms with van der Waals surface area (Å²) in [5.74, 6) is -0.927. The molecule has 33 heavy (non-hydrogen) atoms. The van der Waals surface area contributed by atoms with Gasteiger partial charge in [-0.05, 0) is 18.2 Å². The maximum Gasteiger partial charge on any atom is 0.328 e. The molecule has 8 nitrogen and oxygen atoms in total. The van der Waals surface area contributed by atoms with Crippen LogP contribution in [-0.4, -0.2) is 79.1 Å². The Morgan fingerprint density at radius 2 is 1.42 bits per heavy atom. The molecule has 0 unspecified atom stereocenters.